The van der Waals surface area contributed by atoms with Crippen molar-refractivity contribution in [3.05, 3.63) is 17.5 Å². The molecule has 2 fully saturated rings. The molecule has 0 bridgehead atoms. The zero-order chi connectivity index (χ0) is 12.5. The normalized spacial score (nSPS) is 27.9. The number of nitrogens with one attached hydrogen (secondary N) is 1. The molecule has 0 aromatic carbocycles. The van der Waals surface area contributed by atoms with Gasteiger partial charge in [-0.3, -0.25) is 4.79 Å². The van der Waals surface area contributed by atoms with Crippen molar-refractivity contribution in [2.45, 2.75) is 44.7 Å². The Bertz CT molecular complexity index is 437. The van der Waals surface area contributed by atoms with E-state index in [1.165, 1.54) is 0 Å². The van der Waals surface area contributed by atoms with Crippen molar-refractivity contribution in [2.75, 3.05) is 13.1 Å². The van der Waals surface area contributed by atoms with Gasteiger partial charge in [0.1, 0.15) is 0 Å². The van der Waals surface area contributed by atoms with Gasteiger partial charge in [0, 0.05) is 12.6 Å². The average molecular weight is 249 g/mol. The number of aryl methyl sites for hydroxylation is 1. The van der Waals surface area contributed by atoms with Crippen molar-refractivity contribution >= 4 is 5.91 Å². The highest BCUT2D eigenvalue weighted by atomic mass is 16.5. The van der Waals surface area contributed by atoms with E-state index in [0.29, 0.717) is 0 Å². The van der Waals surface area contributed by atoms with Gasteiger partial charge in [0.15, 0.2) is 5.76 Å². The van der Waals surface area contributed by atoms with Gasteiger partial charge in [-0.1, -0.05) is 5.16 Å². The summed E-state index contributed by atoms with van der Waals surface area (Å²) in [5.41, 5.74) is 0.878. The maximum atomic E-state index is 12.4. The Morgan fingerprint density at radius 3 is 3.06 bits per heavy atom. The highest BCUT2D eigenvalue weighted by Crippen LogP contribution is 2.33. The summed E-state index contributed by atoms with van der Waals surface area (Å²) in [6.07, 6.45) is 4.07. The lowest BCUT2D eigenvalue weighted by atomic mass is 10.1. The highest BCUT2D eigenvalue weighted by molar-refractivity contribution is 5.82. The van der Waals surface area contributed by atoms with Gasteiger partial charge >= 0.3 is 0 Å². The number of carbonyl (C=O) groups excluding carboxylic acids is 1. The quantitative estimate of drug-likeness (QED) is 0.860. The Morgan fingerprint density at radius 2 is 2.39 bits per heavy atom. The summed E-state index contributed by atoms with van der Waals surface area (Å²) in [6.45, 7) is 3.70. The molecular formula is C13H19N3O2. The molecule has 0 radical (unpaired) electrons. The number of likely N-dealkylation sites (tertiary alicyclic amines) is 1. The minimum atomic E-state index is 0.00891. The standard InChI is InChI=1S/C13H19N3O2/c1-9-8-12(18-15-9)11-5-3-7-16(11)13(17)10-4-2-6-14-10/h8,10-11,14H,2-7H2,1H3/t10-,11-/m0/s1. The second-order valence-corrected chi connectivity index (χ2v) is 5.21. The number of nitrogens with zero attached hydrogens (tertiary/aromatic N) is 2. The number of hydrogen-bond donors (Lipinski definition) is 1. The summed E-state index contributed by atoms with van der Waals surface area (Å²) < 4.78 is 5.33. The van der Waals surface area contributed by atoms with Gasteiger partial charge in [-0.05, 0) is 39.2 Å². The summed E-state index contributed by atoms with van der Waals surface area (Å²) in [6, 6.07) is 2.04. The lowest BCUT2D eigenvalue weighted by molar-refractivity contribution is -0.134. The molecule has 18 heavy (non-hydrogen) atoms. The topological polar surface area (TPSA) is 58.4 Å². The second-order valence-electron chi connectivity index (χ2n) is 5.21. The van der Waals surface area contributed by atoms with Crippen LogP contribution in [0.5, 0.6) is 0 Å². The van der Waals surface area contributed by atoms with Crippen LogP contribution in [0.4, 0.5) is 0 Å². The zero-order valence-corrected chi connectivity index (χ0v) is 10.7. The van der Waals surface area contributed by atoms with Crippen molar-refractivity contribution in [1.29, 1.82) is 0 Å². The first-order valence-electron chi connectivity index (χ1n) is 6.73. The molecule has 98 valence electrons. The van der Waals surface area contributed by atoms with Crippen LogP contribution in [0, 0.1) is 6.92 Å². The van der Waals surface area contributed by atoms with E-state index in [4.69, 9.17) is 4.52 Å². The van der Waals surface area contributed by atoms with Gasteiger partial charge in [0.25, 0.3) is 0 Å². The van der Waals surface area contributed by atoms with E-state index in [9.17, 15) is 4.79 Å². The molecule has 3 heterocycles. The van der Waals surface area contributed by atoms with E-state index < -0.39 is 0 Å². The number of rotatable bonds is 2. The molecule has 3 rings (SSSR count). The monoisotopic (exact) mass is 249 g/mol. The molecule has 2 aliphatic rings. The van der Waals surface area contributed by atoms with Crippen LogP contribution in [0.1, 0.15) is 43.2 Å². The summed E-state index contributed by atoms with van der Waals surface area (Å²) in [5, 5.41) is 7.20. The van der Waals surface area contributed by atoms with Crippen LogP contribution in [-0.4, -0.2) is 35.1 Å². The summed E-state index contributed by atoms with van der Waals surface area (Å²) in [5.74, 6) is 1.06. The van der Waals surface area contributed by atoms with E-state index in [-0.39, 0.29) is 18.0 Å². The lowest BCUT2D eigenvalue weighted by Gasteiger charge is -2.25. The molecule has 0 aliphatic carbocycles. The first-order valence-corrected chi connectivity index (χ1v) is 6.73. The van der Waals surface area contributed by atoms with Crippen molar-refractivity contribution < 1.29 is 9.32 Å². The molecule has 0 spiro atoms. The van der Waals surface area contributed by atoms with E-state index in [1.807, 2.05) is 17.9 Å². The fraction of sp³-hybridized carbons (Fsp3) is 0.692. The summed E-state index contributed by atoms with van der Waals surface area (Å²) in [4.78, 5) is 14.4. The molecule has 2 atom stereocenters. The van der Waals surface area contributed by atoms with Crippen LogP contribution in [0.2, 0.25) is 0 Å². The van der Waals surface area contributed by atoms with Crippen molar-refractivity contribution in [2.24, 2.45) is 0 Å². The van der Waals surface area contributed by atoms with Crippen LogP contribution in [0.3, 0.4) is 0 Å². The number of carbonyl (C=O) groups is 1. The van der Waals surface area contributed by atoms with Gasteiger partial charge in [-0.15, -0.1) is 0 Å². The molecule has 0 saturated carbocycles. The first kappa shape index (κ1) is 11.7. The number of hydrogen-bond acceptors (Lipinski definition) is 4. The van der Waals surface area contributed by atoms with Crippen molar-refractivity contribution in [1.82, 2.24) is 15.4 Å². The van der Waals surface area contributed by atoms with Crippen LogP contribution >= 0.6 is 0 Å². The molecule has 1 N–H and O–H groups in total. The fourth-order valence-corrected chi connectivity index (χ4v) is 2.96. The Morgan fingerprint density at radius 1 is 1.50 bits per heavy atom. The third-order valence-electron chi connectivity index (χ3n) is 3.87. The lowest BCUT2D eigenvalue weighted by Crippen LogP contribution is -2.43. The molecular weight excluding hydrogens is 230 g/mol. The van der Waals surface area contributed by atoms with Crippen molar-refractivity contribution in [3.63, 3.8) is 0 Å². The molecule has 1 aromatic rings. The molecule has 5 nitrogen and oxygen atoms in total. The first-order chi connectivity index (χ1) is 8.75. The van der Waals surface area contributed by atoms with Gasteiger partial charge in [0.2, 0.25) is 5.91 Å². The van der Waals surface area contributed by atoms with Crippen LogP contribution in [0.15, 0.2) is 10.6 Å². The SMILES string of the molecule is Cc1cc([C@@H]2CCCN2C(=O)[C@@H]2CCCN2)on1. The zero-order valence-electron chi connectivity index (χ0n) is 10.7. The summed E-state index contributed by atoms with van der Waals surface area (Å²) in [7, 11) is 0. The number of aromatic nitrogens is 1. The van der Waals surface area contributed by atoms with Gasteiger partial charge in [0.05, 0.1) is 17.8 Å². The molecule has 2 aliphatic heterocycles. The van der Waals surface area contributed by atoms with E-state index in [1.54, 1.807) is 0 Å². The summed E-state index contributed by atoms with van der Waals surface area (Å²) >= 11 is 0. The second kappa shape index (κ2) is 4.72. The van der Waals surface area contributed by atoms with Crippen LogP contribution in [-0.2, 0) is 4.79 Å². The Kier molecular flexibility index (Phi) is 3.07. The molecule has 5 heteroatoms. The van der Waals surface area contributed by atoms with E-state index >= 15 is 0 Å². The number of amides is 1. The molecule has 2 saturated heterocycles. The largest absolute Gasteiger partial charge is 0.359 e. The maximum absolute atomic E-state index is 12.4. The maximum Gasteiger partial charge on any atom is 0.240 e. The van der Waals surface area contributed by atoms with E-state index in [2.05, 4.69) is 10.5 Å². The van der Waals surface area contributed by atoms with Crippen molar-refractivity contribution in [3.8, 4) is 0 Å². The van der Waals surface area contributed by atoms with Gasteiger partial charge < -0.3 is 14.7 Å². The highest BCUT2D eigenvalue weighted by Gasteiger charge is 2.36. The van der Waals surface area contributed by atoms with Crippen LogP contribution in [0.25, 0.3) is 0 Å². The Hall–Kier alpha value is -1.36. The fourth-order valence-electron chi connectivity index (χ4n) is 2.96. The predicted molar refractivity (Wildman–Crippen MR) is 66.0 cm³/mol. The molecule has 1 amide bonds. The Balaban J connectivity index is 1.76. The van der Waals surface area contributed by atoms with Gasteiger partial charge in [-0.2, -0.15) is 0 Å². The predicted octanol–water partition coefficient (Wildman–Crippen LogP) is 1.40. The average Bonchev–Trinajstić information content (AvgIpc) is 3.09. The van der Waals surface area contributed by atoms with Gasteiger partial charge in [-0.25, -0.2) is 0 Å². The minimum absolute atomic E-state index is 0.00891. The minimum Gasteiger partial charge on any atom is -0.359 e. The third-order valence-corrected chi connectivity index (χ3v) is 3.87. The molecule has 0 unspecified atom stereocenters. The van der Waals surface area contributed by atoms with E-state index in [0.717, 1.165) is 50.2 Å². The molecule has 1 aromatic heterocycles. The smallest absolute Gasteiger partial charge is 0.240 e. The third kappa shape index (κ3) is 2.03. The Labute approximate surface area is 107 Å². The van der Waals surface area contributed by atoms with Crippen LogP contribution < -0.4 is 5.32 Å².